The van der Waals surface area contributed by atoms with E-state index in [1.807, 2.05) is 13.0 Å². The summed E-state index contributed by atoms with van der Waals surface area (Å²) in [5.41, 5.74) is 1.37. The normalized spacial score (nSPS) is 9.69. The van der Waals surface area contributed by atoms with E-state index in [4.69, 9.17) is 9.47 Å². The van der Waals surface area contributed by atoms with Crippen molar-refractivity contribution in [3.8, 4) is 5.75 Å². The fraction of sp³-hybridized carbons (Fsp3) is 0.417. The summed E-state index contributed by atoms with van der Waals surface area (Å²) in [6.07, 6.45) is 0. The molecule has 0 radical (unpaired) electrons. The Morgan fingerprint density at radius 1 is 1.38 bits per heavy atom. The molecule has 1 aromatic carbocycles. The minimum absolute atomic E-state index is 0.330. The maximum Gasteiger partial charge on any atom is 0.338 e. The van der Waals surface area contributed by atoms with Crippen LogP contribution in [-0.2, 0) is 4.74 Å². The van der Waals surface area contributed by atoms with E-state index in [0.29, 0.717) is 17.9 Å². The third-order valence-electron chi connectivity index (χ3n) is 2.08. The van der Waals surface area contributed by atoms with Gasteiger partial charge in [-0.25, -0.2) is 4.79 Å². The molecule has 1 aromatic rings. The number of esters is 1. The summed E-state index contributed by atoms with van der Waals surface area (Å²) in [4.78, 5) is 11.5. The number of ether oxygens (including phenoxy) is 2. The van der Waals surface area contributed by atoms with Crippen LogP contribution in [0.15, 0.2) is 18.2 Å². The Morgan fingerprint density at radius 3 is 2.69 bits per heavy atom. The molecule has 0 saturated carbocycles. The van der Waals surface area contributed by atoms with Crippen LogP contribution < -0.4 is 10.1 Å². The van der Waals surface area contributed by atoms with Crippen LogP contribution in [0.25, 0.3) is 0 Å². The molecule has 0 spiro atoms. The van der Waals surface area contributed by atoms with Crippen molar-refractivity contribution in [1.82, 2.24) is 0 Å². The second-order valence-corrected chi connectivity index (χ2v) is 3.17. The van der Waals surface area contributed by atoms with Crippen molar-refractivity contribution in [2.75, 3.05) is 25.6 Å². The van der Waals surface area contributed by atoms with Crippen LogP contribution in [0.3, 0.4) is 0 Å². The summed E-state index contributed by atoms with van der Waals surface area (Å²) >= 11 is 0. The van der Waals surface area contributed by atoms with Gasteiger partial charge < -0.3 is 14.8 Å². The zero-order valence-corrected chi connectivity index (χ0v) is 9.87. The minimum atomic E-state index is -0.330. The third-order valence-corrected chi connectivity index (χ3v) is 2.08. The van der Waals surface area contributed by atoms with Crippen LogP contribution in [0, 0.1) is 0 Å². The second-order valence-electron chi connectivity index (χ2n) is 3.17. The van der Waals surface area contributed by atoms with Gasteiger partial charge in [0.25, 0.3) is 0 Å². The Balaban J connectivity index is 2.94. The van der Waals surface area contributed by atoms with Gasteiger partial charge in [0, 0.05) is 6.54 Å². The fourth-order valence-electron chi connectivity index (χ4n) is 1.37. The topological polar surface area (TPSA) is 47.6 Å². The standard InChI is InChI=1S/C12H17NO3/c1-4-13-10-7-6-9(8-11(10)15-3)12(14)16-5-2/h6-8,13H,4-5H2,1-3H3. The summed E-state index contributed by atoms with van der Waals surface area (Å²) in [5, 5.41) is 3.15. The molecule has 16 heavy (non-hydrogen) atoms. The summed E-state index contributed by atoms with van der Waals surface area (Å²) in [7, 11) is 1.57. The molecule has 88 valence electrons. The van der Waals surface area contributed by atoms with Gasteiger partial charge in [0.2, 0.25) is 0 Å². The average Bonchev–Trinajstić information content (AvgIpc) is 2.30. The first-order valence-electron chi connectivity index (χ1n) is 5.32. The molecule has 0 saturated heterocycles. The molecule has 0 bridgehead atoms. The van der Waals surface area contributed by atoms with E-state index in [1.54, 1.807) is 26.2 Å². The molecule has 0 heterocycles. The molecule has 0 unspecified atom stereocenters. The highest BCUT2D eigenvalue weighted by molar-refractivity contribution is 5.90. The highest BCUT2D eigenvalue weighted by Crippen LogP contribution is 2.25. The van der Waals surface area contributed by atoms with Crippen molar-refractivity contribution in [1.29, 1.82) is 0 Å². The summed E-state index contributed by atoms with van der Waals surface area (Å²) in [6.45, 7) is 4.95. The molecule has 0 aliphatic rings. The molecule has 0 aliphatic heterocycles. The van der Waals surface area contributed by atoms with Gasteiger partial charge in [-0.05, 0) is 32.0 Å². The number of anilines is 1. The van der Waals surface area contributed by atoms with Crippen LogP contribution >= 0.6 is 0 Å². The van der Waals surface area contributed by atoms with E-state index in [0.717, 1.165) is 12.2 Å². The van der Waals surface area contributed by atoms with Crippen molar-refractivity contribution >= 4 is 11.7 Å². The molecule has 0 atom stereocenters. The van der Waals surface area contributed by atoms with Gasteiger partial charge in [0.15, 0.2) is 0 Å². The van der Waals surface area contributed by atoms with Crippen molar-refractivity contribution < 1.29 is 14.3 Å². The molecule has 0 fully saturated rings. The number of hydrogen-bond donors (Lipinski definition) is 1. The Hall–Kier alpha value is -1.71. The lowest BCUT2D eigenvalue weighted by Gasteiger charge is -2.10. The lowest BCUT2D eigenvalue weighted by Crippen LogP contribution is -2.06. The predicted molar refractivity (Wildman–Crippen MR) is 63.1 cm³/mol. The Labute approximate surface area is 95.6 Å². The van der Waals surface area contributed by atoms with Crippen LogP contribution in [-0.4, -0.2) is 26.2 Å². The monoisotopic (exact) mass is 223 g/mol. The van der Waals surface area contributed by atoms with Crippen molar-refractivity contribution in [3.63, 3.8) is 0 Å². The Morgan fingerprint density at radius 2 is 2.12 bits per heavy atom. The molecule has 0 amide bonds. The first-order valence-corrected chi connectivity index (χ1v) is 5.32. The smallest absolute Gasteiger partial charge is 0.338 e. The van der Waals surface area contributed by atoms with E-state index < -0.39 is 0 Å². The minimum Gasteiger partial charge on any atom is -0.495 e. The van der Waals surface area contributed by atoms with Gasteiger partial charge in [-0.3, -0.25) is 0 Å². The third kappa shape index (κ3) is 2.89. The number of benzene rings is 1. The number of hydrogen-bond acceptors (Lipinski definition) is 4. The molecule has 0 aliphatic carbocycles. The maximum absolute atomic E-state index is 11.5. The SMILES string of the molecule is CCNc1ccc(C(=O)OCC)cc1OC. The van der Waals surface area contributed by atoms with Crippen molar-refractivity contribution in [3.05, 3.63) is 23.8 Å². The molecular formula is C12H17NO3. The van der Waals surface area contributed by atoms with Gasteiger partial charge in [-0.15, -0.1) is 0 Å². The van der Waals surface area contributed by atoms with Crippen LogP contribution in [0.1, 0.15) is 24.2 Å². The van der Waals surface area contributed by atoms with Gasteiger partial charge in [0.05, 0.1) is 25.0 Å². The van der Waals surface area contributed by atoms with Gasteiger partial charge in [-0.1, -0.05) is 0 Å². The van der Waals surface area contributed by atoms with Gasteiger partial charge >= 0.3 is 5.97 Å². The molecular weight excluding hydrogens is 206 g/mol. The Bertz CT molecular complexity index is 363. The van der Waals surface area contributed by atoms with E-state index >= 15 is 0 Å². The predicted octanol–water partition coefficient (Wildman–Crippen LogP) is 2.30. The molecule has 1 N–H and O–H groups in total. The van der Waals surface area contributed by atoms with Gasteiger partial charge in [-0.2, -0.15) is 0 Å². The van der Waals surface area contributed by atoms with E-state index in [-0.39, 0.29) is 5.97 Å². The number of rotatable bonds is 5. The summed E-state index contributed by atoms with van der Waals surface area (Å²) < 4.78 is 10.1. The first kappa shape index (κ1) is 12.4. The highest BCUT2D eigenvalue weighted by atomic mass is 16.5. The maximum atomic E-state index is 11.5. The zero-order chi connectivity index (χ0) is 12.0. The van der Waals surface area contributed by atoms with Crippen LogP contribution in [0.5, 0.6) is 5.75 Å². The van der Waals surface area contributed by atoms with E-state index in [2.05, 4.69) is 5.32 Å². The second kappa shape index (κ2) is 6.00. The first-order chi connectivity index (χ1) is 7.72. The van der Waals surface area contributed by atoms with Crippen LogP contribution in [0.2, 0.25) is 0 Å². The van der Waals surface area contributed by atoms with Gasteiger partial charge in [0.1, 0.15) is 5.75 Å². The lowest BCUT2D eigenvalue weighted by molar-refractivity contribution is 0.0526. The Kier molecular flexibility index (Phi) is 4.64. The molecule has 1 rings (SSSR count). The number of carbonyl (C=O) groups excluding carboxylic acids is 1. The summed E-state index contributed by atoms with van der Waals surface area (Å²) in [5.74, 6) is 0.316. The molecule has 0 aromatic heterocycles. The van der Waals surface area contributed by atoms with Crippen molar-refractivity contribution in [2.45, 2.75) is 13.8 Å². The molecule has 4 heteroatoms. The quantitative estimate of drug-likeness (QED) is 0.778. The highest BCUT2D eigenvalue weighted by Gasteiger charge is 2.10. The van der Waals surface area contributed by atoms with Crippen molar-refractivity contribution in [2.24, 2.45) is 0 Å². The van der Waals surface area contributed by atoms with Crippen LogP contribution in [0.4, 0.5) is 5.69 Å². The lowest BCUT2D eigenvalue weighted by atomic mass is 10.2. The van der Waals surface area contributed by atoms with E-state index in [1.165, 1.54) is 0 Å². The zero-order valence-electron chi connectivity index (χ0n) is 9.87. The molecule has 4 nitrogen and oxygen atoms in total. The number of carbonyl (C=O) groups is 1. The average molecular weight is 223 g/mol. The largest absolute Gasteiger partial charge is 0.495 e. The van der Waals surface area contributed by atoms with E-state index in [9.17, 15) is 4.79 Å². The number of nitrogens with one attached hydrogen (secondary N) is 1. The number of methoxy groups -OCH3 is 1. The summed E-state index contributed by atoms with van der Waals surface area (Å²) in [6, 6.07) is 5.21. The fourth-order valence-corrected chi connectivity index (χ4v) is 1.37.